The van der Waals surface area contributed by atoms with Crippen molar-refractivity contribution in [2.45, 2.75) is 19.0 Å². The maximum Gasteiger partial charge on any atom is 0.151 e. The van der Waals surface area contributed by atoms with Crippen LogP contribution in [0.1, 0.15) is 12.0 Å². The van der Waals surface area contributed by atoms with Gasteiger partial charge in [0.15, 0.2) is 9.84 Å². The largest absolute Gasteiger partial charge is 0.508 e. The van der Waals surface area contributed by atoms with Crippen LogP contribution in [-0.4, -0.2) is 43.0 Å². The molecule has 1 aliphatic heterocycles. The average molecular weight is 273 g/mol. The van der Waals surface area contributed by atoms with Gasteiger partial charge >= 0.3 is 0 Å². The van der Waals surface area contributed by atoms with Gasteiger partial charge in [-0.1, -0.05) is 0 Å². The summed E-state index contributed by atoms with van der Waals surface area (Å²) >= 11 is 0. The van der Waals surface area contributed by atoms with E-state index in [2.05, 4.69) is 0 Å². The minimum atomic E-state index is -2.93. The molecule has 0 aromatic heterocycles. The molecule has 2 rings (SSSR count). The maximum absolute atomic E-state index is 13.1. The summed E-state index contributed by atoms with van der Waals surface area (Å²) in [5.41, 5.74) is 0.474. The second kappa shape index (κ2) is 4.85. The van der Waals surface area contributed by atoms with E-state index < -0.39 is 15.7 Å². The first kappa shape index (κ1) is 13.3. The van der Waals surface area contributed by atoms with Crippen LogP contribution in [0.15, 0.2) is 18.2 Å². The van der Waals surface area contributed by atoms with Gasteiger partial charge in [-0.3, -0.25) is 4.90 Å². The second-order valence-electron chi connectivity index (χ2n) is 4.75. The highest BCUT2D eigenvalue weighted by Gasteiger charge is 2.30. The third-order valence-corrected chi connectivity index (χ3v) is 5.04. The van der Waals surface area contributed by atoms with E-state index in [1.54, 1.807) is 7.05 Å². The molecular weight excluding hydrogens is 257 g/mol. The Kier molecular flexibility index (Phi) is 3.59. The molecule has 0 radical (unpaired) electrons. The Balaban J connectivity index is 2.08. The first-order valence-electron chi connectivity index (χ1n) is 5.75. The van der Waals surface area contributed by atoms with Crippen molar-refractivity contribution in [3.8, 4) is 5.75 Å². The van der Waals surface area contributed by atoms with Gasteiger partial charge in [-0.15, -0.1) is 0 Å². The fourth-order valence-electron chi connectivity index (χ4n) is 2.20. The molecular formula is C12H16FNO3S. The Morgan fingerprint density at radius 3 is 2.83 bits per heavy atom. The number of halogens is 1. The summed E-state index contributed by atoms with van der Waals surface area (Å²) in [5.74, 6) is -0.0316. The van der Waals surface area contributed by atoms with E-state index in [4.69, 9.17) is 0 Å². The van der Waals surface area contributed by atoms with Crippen molar-refractivity contribution in [3.63, 3.8) is 0 Å². The van der Waals surface area contributed by atoms with E-state index in [0.29, 0.717) is 18.5 Å². The van der Waals surface area contributed by atoms with Crippen LogP contribution in [0.4, 0.5) is 4.39 Å². The Hall–Kier alpha value is -1.14. The van der Waals surface area contributed by atoms with Crippen LogP contribution < -0.4 is 0 Å². The molecule has 1 saturated heterocycles. The minimum Gasteiger partial charge on any atom is -0.508 e. The Morgan fingerprint density at radius 2 is 2.22 bits per heavy atom. The molecule has 0 amide bonds. The Morgan fingerprint density at radius 1 is 1.50 bits per heavy atom. The van der Waals surface area contributed by atoms with E-state index in [1.807, 2.05) is 4.90 Å². The van der Waals surface area contributed by atoms with Crippen molar-refractivity contribution in [2.75, 3.05) is 18.6 Å². The van der Waals surface area contributed by atoms with Gasteiger partial charge in [0.2, 0.25) is 0 Å². The van der Waals surface area contributed by atoms with Crippen LogP contribution in [0, 0.1) is 5.82 Å². The molecule has 6 heteroatoms. The zero-order valence-corrected chi connectivity index (χ0v) is 11.0. The topological polar surface area (TPSA) is 57.6 Å². The summed E-state index contributed by atoms with van der Waals surface area (Å²) in [5, 5.41) is 9.62. The van der Waals surface area contributed by atoms with Crippen molar-refractivity contribution < 1.29 is 17.9 Å². The minimum absolute atomic E-state index is 0.0316. The van der Waals surface area contributed by atoms with Gasteiger partial charge < -0.3 is 5.11 Å². The lowest BCUT2D eigenvalue weighted by Crippen LogP contribution is -2.32. The number of aromatic hydroxyl groups is 1. The number of sulfone groups is 1. The van der Waals surface area contributed by atoms with Crippen molar-refractivity contribution >= 4 is 9.84 Å². The molecule has 1 atom stereocenters. The van der Waals surface area contributed by atoms with E-state index in [-0.39, 0.29) is 23.3 Å². The molecule has 18 heavy (non-hydrogen) atoms. The molecule has 1 fully saturated rings. The summed E-state index contributed by atoms with van der Waals surface area (Å²) < 4.78 is 35.8. The number of phenolic OH excluding ortho intramolecular Hbond substituents is 1. The highest BCUT2D eigenvalue weighted by atomic mass is 32.2. The molecule has 1 aromatic rings. The lowest BCUT2D eigenvalue weighted by molar-refractivity contribution is 0.250. The van der Waals surface area contributed by atoms with Crippen LogP contribution in [0.3, 0.4) is 0 Å². The van der Waals surface area contributed by atoms with Crippen molar-refractivity contribution in [3.05, 3.63) is 29.6 Å². The van der Waals surface area contributed by atoms with Crippen LogP contribution in [-0.2, 0) is 16.4 Å². The van der Waals surface area contributed by atoms with Gasteiger partial charge in [0.25, 0.3) is 0 Å². The first-order valence-corrected chi connectivity index (χ1v) is 7.57. The molecule has 1 N–H and O–H groups in total. The smallest absolute Gasteiger partial charge is 0.151 e. The average Bonchev–Trinajstić information content (AvgIpc) is 2.64. The fourth-order valence-corrected chi connectivity index (χ4v) is 4.01. The number of benzene rings is 1. The number of nitrogens with zero attached hydrogens (tertiary/aromatic N) is 1. The molecule has 0 spiro atoms. The van der Waals surface area contributed by atoms with Gasteiger partial charge in [-0.25, -0.2) is 12.8 Å². The SMILES string of the molecule is CN(Cc1cc(F)ccc1O)C1CCS(=O)(=O)C1. The summed E-state index contributed by atoms with van der Waals surface area (Å²) in [6, 6.07) is 3.72. The molecule has 100 valence electrons. The lowest BCUT2D eigenvalue weighted by Gasteiger charge is -2.23. The van der Waals surface area contributed by atoms with Gasteiger partial charge in [0.05, 0.1) is 11.5 Å². The zero-order chi connectivity index (χ0) is 13.3. The Bertz CT molecular complexity index is 544. The van der Waals surface area contributed by atoms with Gasteiger partial charge in [-0.2, -0.15) is 0 Å². The molecule has 1 aromatic carbocycles. The van der Waals surface area contributed by atoms with Gasteiger partial charge in [0.1, 0.15) is 11.6 Å². The normalized spacial score (nSPS) is 22.5. The molecule has 0 bridgehead atoms. The van der Waals surface area contributed by atoms with Crippen LogP contribution >= 0.6 is 0 Å². The highest BCUT2D eigenvalue weighted by molar-refractivity contribution is 7.91. The molecule has 1 heterocycles. The van der Waals surface area contributed by atoms with Gasteiger partial charge in [0, 0.05) is 18.2 Å². The predicted octanol–water partition coefficient (Wildman–Crippen LogP) is 1.15. The molecule has 0 saturated carbocycles. The Labute approximate surface area is 106 Å². The summed E-state index contributed by atoms with van der Waals surface area (Å²) in [6.07, 6.45) is 0.592. The predicted molar refractivity (Wildman–Crippen MR) is 66.6 cm³/mol. The van der Waals surface area contributed by atoms with Crippen molar-refractivity contribution in [1.29, 1.82) is 0 Å². The first-order chi connectivity index (χ1) is 8.37. The summed E-state index contributed by atoms with van der Waals surface area (Å²) in [7, 11) is -1.14. The number of hydrogen-bond donors (Lipinski definition) is 1. The molecule has 1 unspecified atom stereocenters. The zero-order valence-electron chi connectivity index (χ0n) is 10.1. The third kappa shape index (κ3) is 3.00. The molecule has 0 aliphatic carbocycles. The lowest BCUT2D eigenvalue weighted by atomic mass is 10.1. The van der Waals surface area contributed by atoms with Crippen LogP contribution in [0.5, 0.6) is 5.75 Å². The summed E-state index contributed by atoms with van der Waals surface area (Å²) in [6.45, 7) is 0.337. The molecule has 4 nitrogen and oxygen atoms in total. The van der Waals surface area contributed by atoms with Gasteiger partial charge in [-0.05, 0) is 31.7 Å². The van der Waals surface area contributed by atoms with E-state index in [0.717, 1.165) is 0 Å². The van der Waals surface area contributed by atoms with Crippen molar-refractivity contribution in [1.82, 2.24) is 4.90 Å². The molecule has 1 aliphatic rings. The number of rotatable bonds is 3. The van der Waals surface area contributed by atoms with E-state index in [1.165, 1.54) is 18.2 Å². The van der Waals surface area contributed by atoms with E-state index >= 15 is 0 Å². The fraction of sp³-hybridized carbons (Fsp3) is 0.500. The van der Waals surface area contributed by atoms with Crippen LogP contribution in [0.2, 0.25) is 0 Å². The van der Waals surface area contributed by atoms with Crippen LogP contribution in [0.25, 0.3) is 0 Å². The number of phenols is 1. The second-order valence-corrected chi connectivity index (χ2v) is 6.97. The third-order valence-electron chi connectivity index (χ3n) is 3.29. The maximum atomic E-state index is 13.1. The quantitative estimate of drug-likeness (QED) is 0.897. The standard InChI is InChI=1S/C12H16FNO3S/c1-14(11-4-5-18(16,17)8-11)7-9-6-10(13)2-3-12(9)15/h2-3,6,11,15H,4-5,7-8H2,1H3. The summed E-state index contributed by atoms with van der Waals surface area (Å²) in [4.78, 5) is 1.85. The monoisotopic (exact) mass is 273 g/mol. The van der Waals surface area contributed by atoms with E-state index in [9.17, 15) is 17.9 Å². The van der Waals surface area contributed by atoms with Crippen molar-refractivity contribution in [2.24, 2.45) is 0 Å². The number of hydrogen-bond acceptors (Lipinski definition) is 4. The highest BCUT2D eigenvalue weighted by Crippen LogP contribution is 2.23.